The lowest BCUT2D eigenvalue weighted by molar-refractivity contribution is 0.263. The van der Waals surface area contributed by atoms with Gasteiger partial charge in [-0.25, -0.2) is 5.10 Å². The maximum absolute atomic E-state index is 12.6. The normalized spacial score (nSPS) is 19.5. The van der Waals surface area contributed by atoms with Crippen molar-refractivity contribution in [3.05, 3.63) is 46.4 Å². The molecule has 1 atom stereocenters. The molecular formula is C20H26N4O. The smallest absolute Gasteiger partial charge is 0.274 e. The average molecular weight is 338 g/mol. The minimum absolute atomic E-state index is 0.102. The van der Waals surface area contributed by atoms with Crippen LogP contribution in [0.3, 0.4) is 0 Å². The van der Waals surface area contributed by atoms with Crippen LogP contribution in [0.2, 0.25) is 0 Å². The lowest BCUT2D eigenvalue weighted by Crippen LogP contribution is -2.24. The van der Waals surface area contributed by atoms with Crippen molar-refractivity contribution >= 4 is 5.69 Å². The van der Waals surface area contributed by atoms with E-state index in [2.05, 4.69) is 45.1 Å². The van der Waals surface area contributed by atoms with Gasteiger partial charge in [0.05, 0.1) is 17.4 Å². The number of H-pyrrole nitrogens is 1. The number of benzene rings is 1. The van der Waals surface area contributed by atoms with Crippen LogP contribution in [0.15, 0.2) is 35.3 Å². The van der Waals surface area contributed by atoms with Gasteiger partial charge in [0.15, 0.2) is 0 Å². The van der Waals surface area contributed by atoms with Crippen molar-refractivity contribution in [3.63, 3.8) is 0 Å². The number of anilines is 1. The van der Waals surface area contributed by atoms with Gasteiger partial charge in [0.1, 0.15) is 0 Å². The highest BCUT2D eigenvalue weighted by atomic mass is 16.1. The van der Waals surface area contributed by atoms with Gasteiger partial charge in [-0.1, -0.05) is 18.2 Å². The Hall–Kier alpha value is -2.14. The second kappa shape index (κ2) is 7.00. The van der Waals surface area contributed by atoms with Crippen LogP contribution < -0.4 is 10.5 Å². The summed E-state index contributed by atoms with van der Waals surface area (Å²) in [7, 11) is 0. The third-order valence-corrected chi connectivity index (χ3v) is 5.63. The summed E-state index contributed by atoms with van der Waals surface area (Å²) in [6.45, 7) is 6.60. The molecule has 0 unspecified atom stereocenters. The topological polar surface area (TPSA) is 52.2 Å². The number of aromatic nitrogens is 2. The van der Waals surface area contributed by atoms with E-state index in [0.717, 1.165) is 29.9 Å². The van der Waals surface area contributed by atoms with Crippen molar-refractivity contribution in [2.45, 2.75) is 38.6 Å². The molecule has 0 saturated carbocycles. The quantitative estimate of drug-likeness (QED) is 0.930. The summed E-state index contributed by atoms with van der Waals surface area (Å²) >= 11 is 0. The first-order valence-electron chi connectivity index (χ1n) is 9.41. The van der Waals surface area contributed by atoms with Gasteiger partial charge in [0.25, 0.3) is 5.56 Å². The molecule has 0 amide bonds. The van der Waals surface area contributed by atoms with Gasteiger partial charge >= 0.3 is 0 Å². The fourth-order valence-electron chi connectivity index (χ4n) is 4.16. The van der Waals surface area contributed by atoms with Crippen LogP contribution in [0, 0.1) is 0 Å². The van der Waals surface area contributed by atoms with Crippen molar-refractivity contribution in [2.75, 3.05) is 31.1 Å². The van der Waals surface area contributed by atoms with Crippen molar-refractivity contribution < 1.29 is 0 Å². The SMILES string of the molecule is C[C@@H](c1cccc(-c2c(N3CCCC3)cn[nH]c2=O)c1)N1CCCC1. The molecule has 1 aromatic carbocycles. The van der Waals surface area contributed by atoms with E-state index in [1.54, 1.807) is 6.20 Å². The summed E-state index contributed by atoms with van der Waals surface area (Å²) in [6, 6.07) is 8.87. The Morgan fingerprint density at radius 3 is 2.56 bits per heavy atom. The standard InChI is InChI=1S/C20H26N4O/c1-15(23-9-2-3-10-23)16-7-6-8-17(13-16)19-18(14-21-22-20(19)25)24-11-4-5-12-24/h6-8,13-15H,2-5,9-12H2,1H3,(H,22,25)/t15-/m0/s1. The molecule has 0 bridgehead atoms. The maximum Gasteiger partial charge on any atom is 0.274 e. The molecule has 1 N–H and O–H groups in total. The lowest BCUT2D eigenvalue weighted by Gasteiger charge is -2.25. The summed E-state index contributed by atoms with van der Waals surface area (Å²) in [6.07, 6.45) is 6.73. The van der Waals surface area contributed by atoms with Gasteiger partial charge in [-0.05, 0) is 62.9 Å². The Bertz CT molecular complexity index is 788. The van der Waals surface area contributed by atoms with Crippen molar-refractivity contribution in [1.82, 2.24) is 15.1 Å². The summed E-state index contributed by atoms with van der Waals surface area (Å²) in [5, 5.41) is 6.67. The minimum Gasteiger partial charge on any atom is -0.370 e. The van der Waals surface area contributed by atoms with Gasteiger partial charge in [-0.2, -0.15) is 5.10 Å². The number of hydrogen-bond acceptors (Lipinski definition) is 4. The average Bonchev–Trinajstić information content (AvgIpc) is 3.34. The first-order chi connectivity index (χ1) is 12.2. The molecule has 4 rings (SSSR count). The highest BCUT2D eigenvalue weighted by Crippen LogP contribution is 2.32. The molecule has 0 aliphatic carbocycles. The second-order valence-electron chi connectivity index (χ2n) is 7.20. The Labute approximate surface area is 148 Å². The van der Waals surface area contributed by atoms with E-state index in [-0.39, 0.29) is 5.56 Å². The van der Waals surface area contributed by atoms with Crippen LogP contribution in [0.1, 0.15) is 44.2 Å². The summed E-state index contributed by atoms with van der Waals surface area (Å²) in [5.41, 5.74) is 3.90. The van der Waals surface area contributed by atoms with Gasteiger partial charge < -0.3 is 4.90 Å². The van der Waals surface area contributed by atoms with Gasteiger partial charge in [-0.3, -0.25) is 9.69 Å². The van der Waals surface area contributed by atoms with Crippen LogP contribution in [-0.4, -0.2) is 41.3 Å². The van der Waals surface area contributed by atoms with Crippen LogP contribution >= 0.6 is 0 Å². The van der Waals surface area contributed by atoms with Crippen molar-refractivity contribution in [3.8, 4) is 11.1 Å². The first-order valence-corrected chi connectivity index (χ1v) is 9.41. The number of hydrogen-bond donors (Lipinski definition) is 1. The zero-order chi connectivity index (χ0) is 17.2. The second-order valence-corrected chi connectivity index (χ2v) is 7.20. The first kappa shape index (κ1) is 16.3. The van der Waals surface area contributed by atoms with Crippen LogP contribution in [-0.2, 0) is 0 Å². The predicted molar refractivity (Wildman–Crippen MR) is 101 cm³/mol. The van der Waals surface area contributed by atoms with E-state index < -0.39 is 0 Å². The van der Waals surface area contributed by atoms with E-state index in [9.17, 15) is 4.79 Å². The molecule has 2 aliphatic heterocycles. The monoisotopic (exact) mass is 338 g/mol. The highest BCUT2D eigenvalue weighted by Gasteiger charge is 2.22. The lowest BCUT2D eigenvalue weighted by atomic mass is 9.99. The third-order valence-electron chi connectivity index (χ3n) is 5.63. The molecule has 5 heteroatoms. The molecule has 0 radical (unpaired) electrons. The molecule has 132 valence electrons. The largest absolute Gasteiger partial charge is 0.370 e. The van der Waals surface area contributed by atoms with E-state index in [4.69, 9.17) is 0 Å². The van der Waals surface area contributed by atoms with Crippen LogP contribution in [0.5, 0.6) is 0 Å². The Morgan fingerprint density at radius 2 is 1.80 bits per heavy atom. The summed E-state index contributed by atoms with van der Waals surface area (Å²) in [5.74, 6) is 0. The molecule has 2 aromatic rings. The summed E-state index contributed by atoms with van der Waals surface area (Å²) in [4.78, 5) is 17.4. The van der Waals surface area contributed by atoms with Crippen molar-refractivity contribution in [1.29, 1.82) is 0 Å². The molecule has 1 aromatic heterocycles. The van der Waals surface area contributed by atoms with Crippen LogP contribution in [0.4, 0.5) is 5.69 Å². The zero-order valence-electron chi connectivity index (χ0n) is 14.9. The molecular weight excluding hydrogens is 312 g/mol. The Balaban J connectivity index is 1.72. The minimum atomic E-state index is -0.102. The van der Waals surface area contributed by atoms with Crippen LogP contribution in [0.25, 0.3) is 11.1 Å². The van der Waals surface area contributed by atoms with Gasteiger partial charge in [0, 0.05) is 19.1 Å². The Kier molecular flexibility index (Phi) is 4.57. The van der Waals surface area contributed by atoms with Crippen molar-refractivity contribution in [2.24, 2.45) is 0 Å². The number of nitrogens with one attached hydrogen (secondary N) is 1. The number of nitrogens with zero attached hydrogens (tertiary/aromatic N) is 3. The zero-order valence-corrected chi connectivity index (χ0v) is 14.9. The van der Waals surface area contributed by atoms with Gasteiger partial charge in [-0.15, -0.1) is 0 Å². The molecule has 2 aliphatic rings. The van der Waals surface area contributed by atoms with E-state index >= 15 is 0 Å². The predicted octanol–water partition coefficient (Wildman–Crippen LogP) is 3.19. The molecule has 5 nitrogen and oxygen atoms in total. The fraction of sp³-hybridized carbons (Fsp3) is 0.500. The highest BCUT2D eigenvalue weighted by molar-refractivity contribution is 5.77. The molecule has 25 heavy (non-hydrogen) atoms. The number of aromatic amines is 1. The van der Waals surface area contributed by atoms with E-state index in [1.165, 1.54) is 44.3 Å². The van der Waals surface area contributed by atoms with E-state index in [0.29, 0.717) is 6.04 Å². The molecule has 2 saturated heterocycles. The molecule has 2 fully saturated rings. The summed E-state index contributed by atoms with van der Waals surface area (Å²) < 4.78 is 0. The number of likely N-dealkylation sites (tertiary alicyclic amines) is 1. The van der Waals surface area contributed by atoms with Gasteiger partial charge in [0.2, 0.25) is 0 Å². The molecule has 0 spiro atoms. The van der Waals surface area contributed by atoms with E-state index in [1.807, 2.05) is 6.07 Å². The maximum atomic E-state index is 12.6. The Morgan fingerprint density at radius 1 is 1.08 bits per heavy atom. The fourth-order valence-corrected chi connectivity index (χ4v) is 4.16. The number of rotatable bonds is 4. The molecule has 3 heterocycles. The third kappa shape index (κ3) is 3.21.